The number of benzene rings is 1. The molecule has 0 bridgehead atoms. The van der Waals surface area contributed by atoms with Crippen LogP contribution in [0.3, 0.4) is 0 Å². The van der Waals surface area contributed by atoms with E-state index < -0.39 is 5.82 Å². The van der Waals surface area contributed by atoms with Crippen LogP contribution in [-0.4, -0.2) is 16.7 Å². The first-order chi connectivity index (χ1) is 8.28. The molecule has 0 saturated carbocycles. The second-order valence-corrected chi connectivity index (χ2v) is 3.35. The molecule has 1 aromatic carbocycles. The summed E-state index contributed by atoms with van der Waals surface area (Å²) in [5.41, 5.74) is 0.839. The first kappa shape index (κ1) is 11.1. The van der Waals surface area contributed by atoms with Crippen LogP contribution in [0.4, 0.5) is 10.1 Å². The molecule has 0 saturated heterocycles. The molecule has 1 N–H and O–H groups in total. The Bertz CT molecular complexity index is 533. The summed E-state index contributed by atoms with van der Waals surface area (Å²) >= 11 is 0. The minimum Gasteiger partial charge on any atom is -0.384 e. The summed E-state index contributed by atoms with van der Waals surface area (Å²) in [6.07, 6.45) is 1.86. The predicted octanol–water partition coefficient (Wildman–Crippen LogP) is 1.73. The summed E-state index contributed by atoms with van der Waals surface area (Å²) in [7, 11) is 0. The summed E-state index contributed by atoms with van der Waals surface area (Å²) in [4.78, 5) is 3.85. The molecule has 2 rings (SSSR count). The number of anilines is 1. The fourth-order valence-corrected chi connectivity index (χ4v) is 1.38. The highest BCUT2D eigenvalue weighted by Crippen LogP contribution is 2.13. The second-order valence-electron chi connectivity index (χ2n) is 3.35. The number of rotatable bonds is 4. The van der Waals surface area contributed by atoms with Crippen LogP contribution in [-0.2, 0) is 6.42 Å². The number of aromatic nitrogens is 2. The normalized spacial score (nSPS) is 9.88. The number of halogens is 1. The summed E-state index contributed by atoms with van der Waals surface area (Å²) in [5, 5.41) is 15.1. The third-order valence-corrected chi connectivity index (χ3v) is 2.10. The third kappa shape index (κ3) is 3.01. The van der Waals surface area contributed by atoms with Gasteiger partial charge in [0.2, 0.25) is 5.89 Å². The largest absolute Gasteiger partial charge is 0.384 e. The Morgan fingerprint density at radius 1 is 1.41 bits per heavy atom. The Morgan fingerprint density at radius 3 is 3.00 bits per heavy atom. The fourth-order valence-electron chi connectivity index (χ4n) is 1.38. The van der Waals surface area contributed by atoms with Crippen molar-refractivity contribution < 1.29 is 8.91 Å². The molecule has 6 heteroatoms. The molecular weight excluding hydrogens is 223 g/mol. The zero-order valence-electron chi connectivity index (χ0n) is 8.85. The second kappa shape index (κ2) is 5.07. The van der Waals surface area contributed by atoms with Crippen molar-refractivity contribution in [3.05, 3.63) is 41.8 Å². The highest BCUT2D eigenvalue weighted by molar-refractivity contribution is 5.49. The van der Waals surface area contributed by atoms with Crippen molar-refractivity contribution in [2.45, 2.75) is 6.42 Å². The first-order valence-corrected chi connectivity index (χ1v) is 4.98. The fraction of sp³-hybridized carbons (Fsp3) is 0.182. The van der Waals surface area contributed by atoms with E-state index in [0.29, 0.717) is 24.5 Å². The molecule has 0 aliphatic rings. The molecule has 5 nitrogen and oxygen atoms in total. The van der Waals surface area contributed by atoms with Crippen molar-refractivity contribution in [1.82, 2.24) is 10.1 Å². The van der Waals surface area contributed by atoms with Gasteiger partial charge in [-0.05, 0) is 18.2 Å². The zero-order valence-corrected chi connectivity index (χ0v) is 8.85. The number of nitrogens with zero attached hydrogens (tertiary/aromatic N) is 3. The summed E-state index contributed by atoms with van der Waals surface area (Å²) < 4.78 is 17.9. The van der Waals surface area contributed by atoms with Gasteiger partial charge in [0.1, 0.15) is 5.82 Å². The van der Waals surface area contributed by atoms with Gasteiger partial charge < -0.3 is 9.84 Å². The Hall–Kier alpha value is -2.42. The Balaban J connectivity index is 1.95. The minimum absolute atomic E-state index is 0.283. The van der Waals surface area contributed by atoms with Gasteiger partial charge in [-0.25, -0.2) is 4.39 Å². The Kier molecular flexibility index (Phi) is 3.31. The Morgan fingerprint density at radius 2 is 2.29 bits per heavy atom. The predicted molar refractivity (Wildman–Crippen MR) is 57.6 cm³/mol. The molecule has 17 heavy (non-hydrogen) atoms. The summed E-state index contributed by atoms with van der Waals surface area (Å²) in [6, 6.07) is 5.98. The maximum atomic E-state index is 13.1. The maximum Gasteiger partial charge on any atom is 0.228 e. The topological polar surface area (TPSA) is 74.7 Å². The first-order valence-electron chi connectivity index (χ1n) is 4.98. The van der Waals surface area contributed by atoms with Gasteiger partial charge in [-0.3, -0.25) is 0 Å². The van der Waals surface area contributed by atoms with E-state index >= 15 is 0 Å². The van der Waals surface area contributed by atoms with Crippen LogP contribution in [0.15, 0.2) is 29.0 Å². The van der Waals surface area contributed by atoms with E-state index in [-0.39, 0.29) is 5.56 Å². The summed E-state index contributed by atoms with van der Waals surface area (Å²) in [6.45, 7) is 0.524. The van der Waals surface area contributed by atoms with Gasteiger partial charge in [0.15, 0.2) is 6.33 Å². The lowest BCUT2D eigenvalue weighted by Gasteiger charge is -2.05. The van der Waals surface area contributed by atoms with Gasteiger partial charge in [0.25, 0.3) is 0 Å². The van der Waals surface area contributed by atoms with Crippen molar-refractivity contribution in [2.24, 2.45) is 0 Å². The van der Waals surface area contributed by atoms with E-state index in [0.717, 1.165) is 0 Å². The number of nitrogens with one attached hydrogen (secondary N) is 1. The van der Waals surface area contributed by atoms with Crippen LogP contribution in [0.1, 0.15) is 11.5 Å². The van der Waals surface area contributed by atoms with Gasteiger partial charge in [0.05, 0.1) is 11.6 Å². The van der Waals surface area contributed by atoms with Crippen molar-refractivity contribution in [3.63, 3.8) is 0 Å². The van der Waals surface area contributed by atoms with Gasteiger partial charge in [-0.1, -0.05) is 5.16 Å². The van der Waals surface area contributed by atoms with Crippen LogP contribution in [0, 0.1) is 17.1 Å². The quantitative estimate of drug-likeness (QED) is 0.868. The molecular formula is C11H9FN4O. The third-order valence-electron chi connectivity index (χ3n) is 2.10. The zero-order chi connectivity index (χ0) is 12.1. The van der Waals surface area contributed by atoms with E-state index in [9.17, 15) is 4.39 Å². The van der Waals surface area contributed by atoms with E-state index in [2.05, 4.69) is 15.5 Å². The van der Waals surface area contributed by atoms with E-state index in [1.54, 1.807) is 6.07 Å². The molecule has 0 atom stereocenters. The standard InChI is InChI=1S/C11H9FN4O/c12-9-3-8(6-13)4-10(5-9)14-2-1-11-15-7-16-17-11/h3-5,7,14H,1-2H2. The highest BCUT2D eigenvalue weighted by Gasteiger charge is 2.02. The molecule has 2 aromatic rings. The van der Waals surface area contributed by atoms with Gasteiger partial charge >= 0.3 is 0 Å². The van der Waals surface area contributed by atoms with Crippen molar-refractivity contribution in [1.29, 1.82) is 5.26 Å². The van der Waals surface area contributed by atoms with Gasteiger partial charge in [-0.2, -0.15) is 10.2 Å². The lowest BCUT2D eigenvalue weighted by molar-refractivity contribution is 0.380. The van der Waals surface area contributed by atoms with Crippen LogP contribution < -0.4 is 5.32 Å². The van der Waals surface area contributed by atoms with Crippen LogP contribution in [0.5, 0.6) is 0 Å². The lowest BCUT2D eigenvalue weighted by Crippen LogP contribution is -2.05. The number of nitriles is 1. The summed E-state index contributed by atoms with van der Waals surface area (Å²) in [5.74, 6) is 0.0683. The smallest absolute Gasteiger partial charge is 0.228 e. The highest BCUT2D eigenvalue weighted by atomic mass is 19.1. The molecule has 0 spiro atoms. The molecule has 0 fully saturated rings. The molecule has 1 heterocycles. The number of hydrogen-bond donors (Lipinski definition) is 1. The average Bonchev–Trinajstić information content (AvgIpc) is 2.81. The molecule has 0 unspecified atom stereocenters. The SMILES string of the molecule is N#Cc1cc(F)cc(NCCc2ncno2)c1. The average molecular weight is 232 g/mol. The maximum absolute atomic E-state index is 13.1. The minimum atomic E-state index is -0.440. The van der Waals surface area contributed by atoms with Gasteiger partial charge in [0, 0.05) is 18.7 Å². The molecule has 0 aliphatic carbocycles. The molecule has 86 valence electrons. The van der Waals surface area contributed by atoms with Crippen LogP contribution in [0.25, 0.3) is 0 Å². The van der Waals surface area contributed by atoms with Crippen molar-refractivity contribution in [3.8, 4) is 6.07 Å². The van der Waals surface area contributed by atoms with Crippen molar-refractivity contribution in [2.75, 3.05) is 11.9 Å². The lowest BCUT2D eigenvalue weighted by atomic mass is 10.2. The molecule has 0 aliphatic heterocycles. The van der Waals surface area contributed by atoms with Crippen LogP contribution >= 0.6 is 0 Å². The molecule has 0 amide bonds. The number of hydrogen-bond acceptors (Lipinski definition) is 5. The monoisotopic (exact) mass is 232 g/mol. The van der Waals surface area contributed by atoms with E-state index in [4.69, 9.17) is 9.78 Å². The van der Waals surface area contributed by atoms with Crippen LogP contribution in [0.2, 0.25) is 0 Å². The van der Waals surface area contributed by atoms with E-state index in [1.165, 1.54) is 18.5 Å². The molecule has 1 aromatic heterocycles. The Labute approximate surface area is 96.9 Å². The van der Waals surface area contributed by atoms with Gasteiger partial charge in [-0.15, -0.1) is 0 Å². The van der Waals surface area contributed by atoms with Crippen molar-refractivity contribution >= 4 is 5.69 Å². The molecule has 0 radical (unpaired) electrons. The van der Waals surface area contributed by atoms with E-state index in [1.807, 2.05) is 6.07 Å².